The summed E-state index contributed by atoms with van der Waals surface area (Å²) in [5.41, 5.74) is 3.38. The Kier molecular flexibility index (Phi) is 4.82. The minimum atomic E-state index is 0.232. The highest BCUT2D eigenvalue weighted by atomic mass is 16.2. The number of hydrogen-bond donors (Lipinski definition) is 0. The Balaban J connectivity index is 1.39. The summed E-state index contributed by atoms with van der Waals surface area (Å²) in [7, 11) is 0. The van der Waals surface area contributed by atoms with Crippen molar-refractivity contribution in [2.75, 3.05) is 6.54 Å². The number of para-hydroxylation sites is 1. The second-order valence-corrected chi connectivity index (χ2v) is 6.78. The average molecular weight is 345 g/mol. The van der Waals surface area contributed by atoms with Gasteiger partial charge in [-0.3, -0.25) is 4.79 Å². The summed E-state index contributed by atoms with van der Waals surface area (Å²) < 4.78 is 1.86. The number of aromatic nitrogens is 2. The van der Waals surface area contributed by atoms with Crippen LogP contribution in [0.2, 0.25) is 0 Å². The summed E-state index contributed by atoms with van der Waals surface area (Å²) in [6.07, 6.45) is 7.27. The minimum absolute atomic E-state index is 0.232. The van der Waals surface area contributed by atoms with Gasteiger partial charge < -0.3 is 4.90 Å². The molecule has 0 saturated carbocycles. The van der Waals surface area contributed by atoms with Crippen LogP contribution >= 0.6 is 0 Å². The Morgan fingerprint density at radius 3 is 2.54 bits per heavy atom. The molecule has 1 aromatic heterocycles. The average Bonchev–Trinajstić information content (AvgIpc) is 3.37. The highest BCUT2D eigenvalue weighted by Gasteiger charge is 2.29. The lowest BCUT2D eigenvalue weighted by Gasteiger charge is -2.25. The maximum atomic E-state index is 12.8. The van der Waals surface area contributed by atoms with Gasteiger partial charge >= 0.3 is 0 Å². The molecule has 3 aromatic rings. The van der Waals surface area contributed by atoms with E-state index >= 15 is 0 Å². The molecule has 2 heterocycles. The zero-order valence-corrected chi connectivity index (χ0v) is 14.8. The van der Waals surface area contributed by atoms with Crippen molar-refractivity contribution in [1.29, 1.82) is 0 Å². The van der Waals surface area contributed by atoms with Crippen LogP contribution in [0.5, 0.6) is 0 Å². The molecular formula is C22H23N3O. The number of amides is 1. The van der Waals surface area contributed by atoms with Crippen molar-refractivity contribution in [2.24, 2.45) is 0 Å². The van der Waals surface area contributed by atoms with Crippen LogP contribution in [0.15, 0.2) is 73.1 Å². The van der Waals surface area contributed by atoms with E-state index in [1.807, 2.05) is 65.6 Å². The summed E-state index contributed by atoms with van der Waals surface area (Å²) in [5.74, 6) is 0.240. The lowest BCUT2D eigenvalue weighted by atomic mass is 10.0. The van der Waals surface area contributed by atoms with Crippen molar-refractivity contribution < 1.29 is 4.79 Å². The number of rotatable bonds is 5. The van der Waals surface area contributed by atoms with E-state index in [2.05, 4.69) is 22.1 Å². The Morgan fingerprint density at radius 2 is 1.77 bits per heavy atom. The SMILES string of the molecule is O=C(CCc1cnn(-c2ccccc2)c1)N1CCC[C@@H]1c1ccccc1. The van der Waals surface area contributed by atoms with Gasteiger partial charge in [-0.05, 0) is 42.5 Å². The number of aryl methyl sites for hydroxylation is 1. The topological polar surface area (TPSA) is 38.1 Å². The quantitative estimate of drug-likeness (QED) is 0.696. The lowest BCUT2D eigenvalue weighted by Crippen LogP contribution is -2.30. The molecule has 1 amide bonds. The number of hydrogen-bond acceptors (Lipinski definition) is 2. The largest absolute Gasteiger partial charge is 0.336 e. The molecule has 0 unspecified atom stereocenters. The number of nitrogens with zero attached hydrogens (tertiary/aromatic N) is 3. The Hall–Kier alpha value is -2.88. The molecule has 0 spiro atoms. The first-order valence-corrected chi connectivity index (χ1v) is 9.24. The van der Waals surface area contributed by atoms with E-state index in [-0.39, 0.29) is 11.9 Å². The fourth-order valence-corrected chi connectivity index (χ4v) is 3.69. The van der Waals surface area contributed by atoms with Gasteiger partial charge in [0.25, 0.3) is 0 Å². The van der Waals surface area contributed by atoms with Gasteiger partial charge in [0.1, 0.15) is 0 Å². The molecule has 0 radical (unpaired) electrons. The molecule has 4 heteroatoms. The predicted molar refractivity (Wildman–Crippen MR) is 102 cm³/mol. The van der Waals surface area contributed by atoms with Crippen molar-refractivity contribution in [1.82, 2.24) is 14.7 Å². The summed E-state index contributed by atoms with van der Waals surface area (Å²) in [6.45, 7) is 0.863. The van der Waals surface area contributed by atoms with Crippen LogP contribution in [-0.4, -0.2) is 27.1 Å². The number of benzene rings is 2. The zero-order chi connectivity index (χ0) is 17.8. The van der Waals surface area contributed by atoms with Crippen LogP contribution in [-0.2, 0) is 11.2 Å². The number of carbonyl (C=O) groups is 1. The summed E-state index contributed by atoms with van der Waals surface area (Å²) >= 11 is 0. The van der Waals surface area contributed by atoms with Crippen molar-refractivity contribution in [3.8, 4) is 5.69 Å². The molecule has 0 aliphatic carbocycles. The van der Waals surface area contributed by atoms with Gasteiger partial charge in [-0.15, -0.1) is 0 Å². The summed E-state index contributed by atoms with van der Waals surface area (Å²) in [6, 6.07) is 20.6. The standard InChI is InChI=1S/C22H23N3O/c26-22(24-15-7-12-21(24)19-8-3-1-4-9-19)14-13-18-16-23-25(17-18)20-10-5-2-6-11-20/h1-6,8-11,16-17,21H,7,12-15H2/t21-/m1/s1. The molecule has 0 N–H and O–H groups in total. The Labute approximate surface area is 154 Å². The molecule has 4 rings (SSSR count). The van der Waals surface area contributed by atoms with Crippen LogP contribution in [0.3, 0.4) is 0 Å². The van der Waals surface area contributed by atoms with Crippen LogP contribution in [0.25, 0.3) is 5.69 Å². The van der Waals surface area contributed by atoms with Crippen molar-refractivity contribution in [2.45, 2.75) is 31.7 Å². The monoisotopic (exact) mass is 345 g/mol. The van der Waals surface area contributed by atoms with Crippen molar-refractivity contribution in [3.05, 3.63) is 84.2 Å². The third-order valence-corrected chi connectivity index (χ3v) is 5.04. The Bertz CT molecular complexity index is 857. The Morgan fingerprint density at radius 1 is 1.04 bits per heavy atom. The van der Waals surface area contributed by atoms with E-state index in [4.69, 9.17) is 0 Å². The first-order chi connectivity index (χ1) is 12.8. The fraction of sp³-hybridized carbons (Fsp3) is 0.273. The number of likely N-dealkylation sites (tertiary alicyclic amines) is 1. The zero-order valence-electron chi connectivity index (χ0n) is 14.8. The molecule has 26 heavy (non-hydrogen) atoms. The molecule has 1 fully saturated rings. The van der Waals surface area contributed by atoms with E-state index in [0.717, 1.165) is 37.1 Å². The molecule has 0 bridgehead atoms. The van der Waals surface area contributed by atoms with E-state index in [0.29, 0.717) is 6.42 Å². The van der Waals surface area contributed by atoms with Gasteiger partial charge in [0, 0.05) is 19.2 Å². The van der Waals surface area contributed by atoms with Crippen LogP contribution in [0.4, 0.5) is 0 Å². The van der Waals surface area contributed by atoms with Gasteiger partial charge in [0.2, 0.25) is 5.91 Å². The third kappa shape index (κ3) is 3.54. The van der Waals surface area contributed by atoms with E-state index in [9.17, 15) is 4.79 Å². The molecule has 1 saturated heterocycles. The second-order valence-electron chi connectivity index (χ2n) is 6.78. The summed E-state index contributed by atoms with van der Waals surface area (Å²) in [4.78, 5) is 14.8. The van der Waals surface area contributed by atoms with E-state index in [1.165, 1.54) is 5.56 Å². The van der Waals surface area contributed by atoms with Gasteiger partial charge in [-0.1, -0.05) is 48.5 Å². The van der Waals surface area contributed by atoms with Gasteiger partial charge in [-0.25, -0.2) is 4.68 Å². The van der Waals surface area contributed by atoms with Gasteiger partial charge in [0.05, 0.1) is 17.9 Å². The molecule has 1 aliphatic heterocycles. The lowest BCUT2D eigenvalue weighted by molar-refractivity contribution is -0.132. The molecule has 1 aliphatic rings. The fourth-order valence-electron chi connectivity index (χ4n) is 3.69. The normalized spacial score (nSPS) is 16.8. The van der Waals surface area contributed by atoms with E-state index < -0.39 is 0 Å². The molecule has 2 aromatic carbocycles. The van der Waals surface area contributed by atoms with Crippen LogP contribution in [0.1, 0.15) is 36.4 Å². The first-order valence-electron chi connectivity index (χ1n) is 9.24. The first kappa shape index (κ1) is 16.6. The number of carbonyl (C=O) groups excluding carboxylic acids is 1. The maximum absolute atomic E-state index is 12.8. The van der Waals surface area contributed by atoms with Gasteiger partial charge in [-0.2, -0.15) is 5.10 Å². The van der Waals surface area contributed by atoms with Gasteiger partial charge in [0.15, 0.2) is 0 Å². The summed E-state index contributed by atoms with van der Waals surface area (Å²) in [5, 5.41) is 4.42. The smallest absolute Gasteiger partial charge is 0.223 e. The van der Waals surface area contributed by atoms with Crippen molar-refractivity contribution >= 4 is 5.91 Å². The third-order valence-electron chi connectivity index (χ3n) is 5.04. The molecule has 4 nitrogen and oxygen atoms in total. The second kappa shape index (κ2) is 7.56. The van der Waals surface area contributed by atoms with Crippen molar-refractivity contribution in [3.63, 3.8) is 0 Å². The highest BCUT2D eigenvalue weighted by Crippen LogP contribution is 2.32. The predicted octanol–water partition coefficient (Wildman–Crippen LogP) is 4.17. The molecule has 132 valence electrons. The minimum Gasteiger partial charge on any atom is -0.336 e. The van der Waals surface area contributed by atoms with Crippen LogP contribution < -0.4 is 0 Å². The maximum Gasteiger partial charge on any atom is 0.223 e. The molecular weight excluding hydrogens is 322 g/mol. The molecule has 1 atom stereocenters. The highest BCUT2D eigenvalue weighted by molar-refractivity contribution is 5.77. The van der Waals surface area contributed by atoms with E-state index in [1.54, 1.807) is 0 Å². The van der Waals surface area contributed by atoms with Crippen LogP contribution in [0, 0.1) is 0 Å².